The number of likely N-dealkylation sites (tertiary alicyclic amines) is 1. The summed E-state index contributed by atoms with van der Waals surface area (Å²) in [7, 11) is 0. The highest BCUT2D eigenvalue weighted by Gasteiger charge is 2.36. The van der Waals surface area contributed by atoms with Crippen LogP contribution in [0.15, 0.2) is 29.4 Å². The SMILES string of the molecule is O=C(O)CC(Sc1cccnc1)N1C(=O)CCC1=O. The first-order valence-electron chi connectivity index (χ1n) is 5.71. The van der Waals surface area contributed by atoms with Gasteiger partial charge in [0.1, 0.15) is 5.37 Å². The smallest absolute Gasteiger partial charge is 0.306 e. The zero-order valence-corrected chi connectivity index (χ0v) is 10.8. The Labute approximate surface area is 113 Å². The summed E-state index contributed by atoms with van der Waals surface area (Å²) in [5.74, 6) is -1.67. The number of rotatable bonds is 5. The number of nitrogens with zero attached hydrogens (tertiary/aromatic N) is 2. The van der Waals surface area contributed by atoms with Gasteiger partial charge in [0.15, 0.2) is 0 Å². The van der Waals surface area contributed by atoms with Crippen LogP contribution in [0.4, 0.5) is 0 Å². The Morgan fingerprint density at radius 3 is 2.63 bits per heavy atom. The number of imide groups is 1. The van der Waals surface area contributed by atoms with E-state index in [2.05, 4.69) is 4.98 Å². The molecule has 0 bridgehead atoms. The minimum absolute atomic E-state index is 0.155. The Morgan fingerprint density at radius 2 is 2.11 bits per heavy atom. The zero-order valence-electron chi connectivity index (χ0n) is 9.98. The molecule has 0 aliphatic carbocycles. The molecule has 1 aromatic rings. The average Bonchev–Trinajstić information content (AvgIpc) is 2.69. The molecular weight excluding hydrogens is 268 g/mol. The molecule has 0 spiro atoms. The molecule has 2 rings (SSSR count). The van der Waals surface area contributed by atoms with Crippen LogP contribution in [0.1, 0.15) is 19.3 Å². The second kappa shape index (κ2) is 5.83. The van der Waals surface area contributed by atoms with E-state index in [1.807, 2.05) is 0 Å². The molecule has 1 saturated heterocycles. The molecule has 2 amide bonds. The Bertz CT molecular complexity index is 490. The molecule has 100 valence electrons. The normalized spacial score (nSPS) is 16.7. The molecule has 1 aromatic heterocycles. The standard InChI is InChI=1S/C12H12N2O4S/c15-9-3-4-10(16)14(9)11(6-12(17)18)19-8-2-1-5-13-7-8/h1-2,5,7,11H,3-4,6H2,(H,17,18). The van der Waals surface area contributed by atoms with E-state index in [4.69, 9.17) is 5.11 Å². The molecule has 6 nitrogen and oxygen atoms in total. The summed E-state index contributed by atoms with van der Waals surface area (Å²) in [4.78, 5) is 40.0. The van der Waals surface area contributed by atoms with Gasteiger partial charge in [-0.05, 0) is 12.1 Å². The molecule has 1 N–H and O–H groups in total. The molecular formula is C12H12N2O4S. The van der Waals surface area contributed by atoms with Crippen molar-refractivity contribution >= 4 is 29.5 Å². The van der Waals surface area contributed by atoms with Gasteiger partial charge in [-0.15, -0.1) is 0 Å². The van der Waals surface area contributed by atoms with E-state index in [9.17, 15) is 14.4 Å². The van der Waals surface area contributed by atoms with Gasteiger partial charge in [0.25, 0.3) is 0 Å². The van der Waals surface area contributed by atoms with E-state index < -0.39 is 11.3 Å². The molecule has 0 saturated carbocycles. The van der Waals surface area contributed by atoms with Crippen LogP contribution in [0.2, 0.25) is 0 Å². The number of carboxylic acids is 1. The largest absolute Gasteiger partial charge is 0.481 e. The lowest BCUT2D eigenvalue weighted by Gasteiger charge is -2.24. The molecule has 7 heteroatoms. The maximum Gasteiger partial charge on any atom is 0.306 e. The van der Waals surface area contributed by atoms with Gasteiger partial charge in [-0.25, -0.2) is 0 Å². The summed E-state index contributed by atoms with van der Waals surface area (Å²) in [6.07, 6.45) is 3.20. The number of hydrogen-bond acceptors (Lipinski definition) is 5. The van der Waals surface area contributed by atoms with Gasteiger partial charge in [-0.3, -0.25) is 24.3 Å². The fourth-order valence-electron chi connectivity index (χ4n) is 1.82. The third-order valence-corrected chi connectivity index (χ3v) is 3.80. The van der Waals surface area contributed by atoms with Crippen molar-refractivity contribution in [3.63, 3.8) is 0 Å². The number of carbonyl (C=O) groups is 3. The first-order chi connectivity index (χ1) is 9.08. The first-order valence-corrected chi connectivity index (χ1v) is 6.59. The number of aliphatic carboxylic acids is 1. The highest BCUT2D eigenvalue weighted by molar-refractivity contribution is 8.00. The summed E-state index contributed by atoms with van der Waals surface area (Å²) >= 11 is 1.16. The average molecular weight is 280 g/mol. The van der Waals surface area contributed by atoms with Crippen LogP contribution < -0.4 is 0 Å². The lowest BCUT2D eigenvalue weighted by Crippen LogP contribution is -2.38. The van der Waals surface area contributed by atoms with Crippen molar-refractivity contribution in [2.75, 3.05) is 0 Å². The number of amides is 2. The summed E-state index contributed by atoms with van der Waals surface area (Å²) in [5.41, 5.74) is 0. The number of carboxylic acid groups (broad SMARTS) is 1. The fraction of sp³-hybridized carbons (Fsp3) is 0.333. The van der Waals surface area contributed by atoms with Crippen molar-refractivity contribution in [3.8, 4) is 0 Å². The molecule has 1 aliphatic heterocycles. The second-order valence-corrected chi connectivity index (χ2v) is 5.27. The number of thioether (sulfide) groups is 1. The van der Waals surface area contributed by atoms with Crippen LogP contribution in [0.5, 0.6) is 0 Å². The van der Waals surface area contributed by atoms with Gasteiger partial charge in [0.05, 0.1) is 6.42 Å². The van der Waals surface area contributed by atoms with Gasteiger partial charge in [-0.2, -0.15) is 0 Å². The van der Waals surface area contributed by atoms with Crippen molar-refractivity contribution in [2.24, 2.45) is 0 Å². The van der Waals surface area contributed by atoms with E-state index >= 15 is 0 Å². The highest BCUT2D eigenvalue weighted by atomic mass is 32.2. The lowest BCUT2D eigenvalue weighted by molar-refractivity contribution is -0.141. The van der Waals surface area contributed by atoms with Gasteiger partial charge in [0.2, 0.25) is 11.8 Å². The van der Waals surface area contributed by atoms with Crippen LogP contribution in [-0.4, -0.2) is 38.1 Å². The van der Waals surface area contributed by atoms with Crippen molar-refractivity contribution in [1.82, 2.24) is 9.88 Å². The third-order valence-electron chi connectivity index (χ3n) is 2.63. The third kappa shape index (κ3) is 3.31. The predicted octanol–water partition coefficient (Wildman–Crippen LogP) is 1.12. The number of pyridine rings is 1. The summed E-state index contributed by atoms with van der Waals surface area (Å²) in [6.45, 7) is 0. The first kappa shape index (κ1) is 13.5. The number of aromatic nitrogens is 1. The van der Waals surface area contributed by atoms with Crippen LogP contribution in [0.3, 0.4) is 0 Å². The van der Waals surface area contributed by atoms with E-state index in [1.165, 1.54) is 0 Å². The van der Waals surface area contributed by atoms with Gasteiger partial charge >= 0.3 is 5.97 Å². The molecule has 1 unspecified atom stereocenters. The second-order valence-electron chi connectivity index (χ2n) is 4.02. The highest BCUT2D eigenvalue weighted by Crippen LogP contribution is 2.30. The van der Waals surface area contributed by atoms with Crippen molar-refractivity contribution < 1.29 is 19.5 Å². The molecule has 1 fully saturated rings. The Hall–Kier alpha value is -1.89. The van der Waals surface area contributed by atoms with E-state index in [-0.39, 0.29) is 31.1 Å². The fourth-order valence-corrected chi connectivity index (χ4v) is 2.98. The summed E-state index contributed by atoms with van der Waals surface area (Å²) in [5, 5.41) is 8.20. The Morgan fingerprint density at radius 1 is 1.42 bits per heavy atom. The lowest BCUT2D eigenvalue weighted by atomic mass is 10.4. The van der Waals surface area contributed by atoms with Crippen LogP contribution in [-0.2, 0) is 14.4 Å². The molecule has 1 atom stereocenters. The van der Waals surface area contributed by atoms with Crippen molar-refractivity contribution in [3.05, 3.63) is 24.5 Å². The quantitative estimate of drug-likeness (QED) is 0.642. The molecule has 1 aliphatic rings. The molecule has 0 aromatic carbocycles. The predicted molar refractivity (Wildman–Crippen MR) is 67.2 cm³/mol. The van der Waals surface area contributed by atoms with Crippen LogP contribution >= 0.6 is 11.8 Å². The van der Waals surface area contributed by atoms with Crippen molar-refractivity contribution in [2.45, 2.75) is 29.5 Å². The van der Waals surface area contributed by atoms with Crippen molar-refractivity contribution in [1.29, 1.82) is 0 Å². The number of hydrogen-bond donors (Lipinski definition) is 1. The van der Waals surface area contributed by atoms with E-state index in [0.29, 0.717) is 0 Å². The Kier molecular flexibility index (Phi) is 4.16. The molecule has 19 heavy (non-hydrogen) atoms. The maximum atomic E-state index is 11.7. The maximum absolute atomic E-state index is 11.7. The zero-order chi connectivity index (χ0) is 13.8. The monoisotopic (exact) mass is 280 g/mol. The molecule has 2 heterocycles. The Balaban J connectivity index is 2.18. The van der Waals surface area contributed by atoms with E-state index in [1.54, 1.807) is 24.5 Å². The van der Waals surface area contributed by atoms with Gasteiger partial charge < -0.3 is 5.11 Å². The van der Waals surface area contributed by atoms with Crippen LogP contribution in [0, 0.1) is 0 Å². The van der Waals surface area contributed by atoms with E-state index in [0.717, 1.165) is 21.6 Å². The minimum Gasteiger partial charge on any atom is -0.481 e. The molecule has 0 radical (unpaired) electrons. The van der Waals surface area contributed by atoms with Gasteiger partial charge in [0, 0.05) is 30.1 Å². The van der Waals surface area contributed by atoms with Crippen LogP contribution in [0.25, 0.3) is 0 Å². The topological polar surface area (TPSA) is 87.6 Å². The summed E-state index contributed by atoms with van der Waals surface area (Å²) in [6, 6.07) is 3.48. The minimum atomic E-state index is -1.05. The van der Waals surface area contributed by atoms with Gasteiger partial charge in [-0.1, -0.05) is 11.8 Å². The number of carbonyl (C=O) groups excluding carboxylic acids is 2. The summed E-state index contributed by atoms with van der Waals surface area (Å²) < 4.78 is 0.